The van der Waals surface area contributed by atoms with Crippen LogP contribution >= 0.6 is 0 Å². The van der Waals surface area contributed by atoms with Crippen LogP contribution in [0, 0.1) is 0 Å². The molecule has 0 aliphatic carbocycles. The zero-order valence-electron chi connectivity index (χ0n) is 7.11. The van der Waals surface area contributed by atoms with Crippen LogP contribution in [0.2, 0.25) is 0 Å². The Hall–Kier alpha value is -0.960. The molecule has 0 spiro atoms. The quantitative estimate of drug-likeness (QED) is 0.680. The Morgan fingerprint density at radius 3 is 2.29 bits per heavy atom. The molecule has 14 heavy (non-hydrogen) atoms. The van der Waals surface area contributed by atoms with E-state index in [0.717, 1.165) is 23.7 Å². The fourth-order valence-corrected chi connectivity index (χ4v) is 1.40. The Morgan fingerprint density at radius 2 is 1.93 bits per heavy atom. The van der Waals surface area contributed by atoms with E-state index in [0.29, 0.717) is 0 Å². The first-order valence-electron chi connectivity index (χ1n) is 3.44. The highest BCUT2D eigenvalue weighted by Crippen LogP contribution is 2.24. The highest BCUT2D eigenvalue weighted by Gasteiger charge is 2.38. The van der Waals surface area contributed by atoms with Crippen molar-refractivity contribution in [2.24, 2.45) is 0 Å². The van der Waals surface area contributed by atoms with Gasteiger partial charge in [0.05, 0.1) is 6.26 Å². The summed E-state index contributed by atoms with van der Waals surface area (Å²) >= 11 is 0. The number of sulfonamides is 1. The van der Waals surface area contributed by atoms with Crippen molar-refractivity contribution >= 4 is 10.0 Å². The molecule has 0 aromatic heterocycles. The van der Waals surface area contributed by atoms with Crippen molar-refractivity contribution < 1.29 is 21.6 Å². The molecular weight excluding hydrogens is 223 g/mol. The fourth-order valence-electron chi connectivity index (χ4n) is 0.856. The van der Waals surface area contributed by atoms with Crippen LogP contribution in [0.5, 0.6) is 0 Å². The lowest BCUT2D eigenvalue weighted by Gasteiger charge is -2.22. The van der Waals surface area contributed by atoms with E-state index < -0.39 is 23.0 Å². The summed E-state index contributed by atoms with van der Waals surface area (Å²) in [5.41, 5.74) is 0. The van der Waals surface area contributed by atoms with Crippen molar-refractivity contribution in [2.45, 2.75) is 6.30 Å². The molecule has 1 aliphatic rings. The second-order valence-corrected chi connectivity index (χ2v) is 4.44. The van der Waals surface area contributed by atoms with E-state index in [2.05, 4.69) is 0 Å². The highest BCUT2D eigenvalue weighted by atomic mass is 32.2. The van der Waals surface area contributed by atoms with Gasteiger partial charge in [0.1, 0.15) is 6.67 Å². The van der Waals surface area contributed by atoms with Crippen molar-refractivity contribution in [3.8, 4) is 0 Å². The van der Waals surface area contributed by atoms with E-state index in [4.69, 9.17) is 0 Å². The highest BCUT2D eigenvalue weighted by molar-refractivity contribution is 7.88. The molecule has 1 rings (SSSR count). The van der Waals surface area contributed by atoms with E-state index >= 15 is 0 Å². The number of nitrogens with one attached hydrogen (secondary N) is 1. The maximum Gasteiger partial charge on any atom is 0.485 e. The molecule has 0 aromatic carbocycles. The van der Waals surface area contributed by atoms with Crippen LogP contribution in [-0.2, 0) is 10.0 Å². The maximum atomic E-state index is 12.0. The molecule has 9 heteroatoms. The standard InChI is InChI=1S/C5H8F3N3O2S/c1-14(12,13)9-11-3-2-10(4-11)5(6,7)8/h2-3,9H,4H2,1H3. The van der Waals surface area contributed by atoms with Gasteiger partial charge < -0.3 is 0 Å². The van der Waals surface area contributed by atoms with Crippen molar-refractivity contribution in [3.63, 3.8) is 0 Å². The molecule has 0 saturated carbocycles. The second-order valence-electron chi connectivity index (χ2n) is 2.71. The van der Waals surface area contributed by atoms with Gasteiger partial charge in [-0.25, -0.2) is 8.42 Å². The second kappa shape index (κ2) is 3.31. The average molecular weight is 231 g/mol. The van der Waals surface area contributed by atoms with Crippen LogP contribution in [0.15, 0.2) is 12.4 Å². The molecule has 0 aromatic rings. The van der Waals surface area contributed by atoms with E-state index in [1.807, 2.05) is 4.83 Å². The smallest absolute Gasteiger partial charge is 0.281 e. The topological polar surface area (TPSA) is 52.7 Å². The molecule has 0 atom stereocenters. The Morgan fingerprint density at radius 1 is 1.36 bits per heavy atom. The average Bonchev–Trinajstić information content (AvgIpc) is 2.29. The molecule has 0 radical (unpaired) electrons. The van der Waals surface area contributed by atoms with Gasteiger partial charge in [-0.3, -0.25) is 9.91 Å². The normalized spacial score (nSPS) is 18.0. The van der Waals surface area contributed by atoms with Crippen LogP contribution < -0.4 is 4.83 Å². The fraction of sp³-hybridized carbons (Fsp3) is 0.600. The summed E-state index contributed by atoms with van der Waals surface area (Å²) in [5, 5.41) is 0.822. The van der Waals surface area contributed by atoms with Crippen LogP contribution in [0.3, 0.4) is 0 Å². The van der Waals surface area contributed by atoms with E-state index in [-0.39, 0.29) is 4.90 Å². The van der Waals surface area contributed by atoms with Crippen molar-refractivity contribution in [1.82, 2.24) is 14.7 Å². The number of hydrogen-bond donors (Lipinski definition) is 1. The largest absolute Gasteiger partial charge is 0.485 e. The summed E-state index contributed by atoms with van der Waals surface area (Å²) in [5.74, 6) is 0. The number of rotatable bonds is 2. The first kappa shape index (κ1) is 11.1. The van der Waals surface area contributed by atoms with Crippen LogP contribution in [0.1, 0.15) is 0 Å². The minimum Gasteiger partial charge on any atom is -0.281 e. The van der Waals surface area contributed by atoms with Crippen LogP contribution in [0.25, 0.3) is 0 Å². The number of alkyl halides is 3. The van der Waals surface area contributed by atoms with E-state index in [9.17, 15) is 21.6 Å². The summed E-state index contributed by atoms with van der Waals surface area (Å²) in [6.07, 6.45) is -1.89. The SMILES string of the molecule is CS(=O)(=O)NN1C=CN(C(F)(F)F)C1. The summed E-state index contributed by atoms with van der Waals surface area (Å²) in [6, 6.07) is 0. The Kier molecular flexibility index (Phi) is 2.63. The Labute approximate surface area is 78.8 Å². The third-order valence-electron chi connectivity index (χ3n) is 1.34. The predicted octanol–water partition coefficient (Wildman–Crippen LogP) is 0.0167. The van der Waals surface area contributed by atoms with Gasteiger partial charge in [-0.05, 0) is 0 Å². The molecule has 0 saturated heterocycles. The predicted molar refractivity (Wildman–Crippen MR) is 41.7 cm³/mol. The minimum absolute atomic E-state index is 0.0468. The van der Waals surface area contributed by atoms with Gasteiger partial charge >= 0.3 is 6.30 Å². The number of nitrogens with zero attached hydrogens (tertiary/aromatic N) is 2. The van der Waals surface area contributed by atoms with Crippen molar-refractivity contribution in [3.05, 3.63) is 12.4 Å². The molecule has 0 fully saturated rings. The monoisotopic (exact) mass is 231 g/mol. The molecule has 1 aliphatic heterocycles. The molecule has 0 amide bonds. The first-order valence-corrected chi connectivity index (χ1v) is 5.33. The van der Waals surface area contributed by atoms with E-state index in [1.165, 1.54) is 0 Å². The zero-order valence-corrected chi connectivity index (χ0v) is 7.93. The molecule has 0 unspecified atom stereocenters. The lowest BCUT2D eigenvalue weighted by Crippen LogP contribution is -2.43. The Bertz CT molecular complexity index is 337. The maximum absolute atomic E-state index is 12.0. The van der Waals surface area contributed by atoms with Gasteiger partial charge in [-0.2, -0.15) is 13.2 Å². The number of hydrogen-bond acceptors (Lipinski definition) is 4. The molecule has 82 valence electrons. The lowest BCUT2D eigenvalue weighted by atomic mass is 10.8. The molecule has 1 N–H and O–H groups in total. The Balaban J connectivity index is 2.57. The first-order chi connectivity index (χ1) is 6.18. The summed E-state index contributed by atoms with van der Waals surface area (Å²) in [6.45, 7) is -0.587. The van der Waals surface area contributed by atoms with Gasteiger partial charge in [-0.1, -0.05) is 0 Å². The minimum atomic E-state index is -4.50. The van der Waals surface area contributed by atoms with Gasteiger partial charge in [0.15, 0.2) is 0 Å². The number of halogens is 3. The van der Waals surface area contributed by atoms with Crippen LogP contribution in [-0.4, -0.2) is 37.6 Å². The molecule has 0 bridgehead atoms. The van der Waals surface area contributed by atoms with Gasteiger partial charge in [0.2, 0.25) is 10.0 Å². The van der Waals surface area contributed by atoms with Gasteiger partial charge in [0.25, 0.3) is 0 Å². The summed E-state index contributed by atoms with van der Waals surface area (Å²) in [7, 11) is -3.55. The van der Waals surface area contributed by atoms with Crippen LogP contribution in [0.4, 0.5) is 13.2 Å². The van der Waals surface area contributed by atoms with Gasteiger partial charge in [0, 0.05) is 12.4 Å². The molecular formula is C5H8F3N3O2S. The van der Waals surface area contributed by atoms with Gasteiger partial charge in [-0.15, -0.1) is 4.83 Å². The van der Waals surface area contributed by atoms with Crippen molar-refractivity contribution in [1.29, 1.82) is 0 Å². The van der Waals surface area contributed by atoms with Crippen molar-refractivity contribution in [2.75, 3.05) is 12.9 Å². The van der Waals surface area contributed by atoms with E-state index in [1.54, 1.807) is 0 Å². The number of hydrazine groups is 1. The lowest BCUT2D eigenvalue weighted by molar-refractivity contribution is -0.230. The summed E-state index contributed by atoms with van der Waals surface area (Å²) < 4.78 is 57.4. The summed E-state index contributed by atoms with van der Waals surface area (Å²) in [4.78, 5) is 1.94. The zero-order chi connectivity index (χ0) is 11.0. The molecule has 1 heterocycles. The third-order valence-corrected chi connectivity index (χ3v) is 1.91. The third kappa shape index (κ3) is 3.07. The molecule has 5 nitrogen and oxygen atoms in total.